The molecule has 1 fully saturated rings. The van der Waals surface area contributed by atoms with Crippen molar-refractivity contribution in [3.63, 3.8) is 0 Å². The molecule has 1 aliphatic rings. The van der Waals surface area contributed by atoms with Gasteiger partial charge in [0.05, 0.1) is 5.69 Å². The van der Waals surface area contributed by atoms with Gasteiger partial charge in [0.25, 0.3) is 0 Å². The Bertz CT molecular complexity index is 696. The molecule has 122 valence electrons. The number of anilines is 1. The Morgan fingerprint density at radius 1 is 1.35 bits per heavy atom. The smallest absolute Gasteiger partial charge is 0.243 e. The molecule has 1 aromatic carbocycles. The predicted molar refractivity (Wildman–Crippen MR) is 99.0 cm³/mol. The Morgan fingerprint density at radius 2 is 2.04 bits per heavy atom. The van der Waals surface area contributed by atoms with Crippen molar-refractivity contribution in [3.8, 4) is 11.3 Å². The number of benzene rings is 1. The van der Waals surface area contributed by atoms with E-state index in [1.807, 2.05) is 43.5 Å². The zero-order valence-corrected chi connectivity index (χ0v) is 15.4. The van der Waals surface area contributed by atoms with Crippen molar-refractivity contribution in [2.45, 2.75) is 25.0 Å². The van der Waals surface area contributed by atoms with Crippen LogP contribution in [0.2, 0.25) is 5.02 Å². The average Bonchev–Trinajstić information content (AvgIpc) is 2.92. The van der Waals surface area contributed by atoms with Crippen molar-refractivity contribution in [2.75, 3.05) is 18.4 Å². The topological polar surface area (TPSA) is 45.2 Å². The summed E-state index contributed by atoms with van der Waals surface area (Å²) < 4.78 is 1.72. The normalized spacial score (nSPS) is 15.3. The Balaban J connectivity index is 1.66. The molecule has 1 aliphatic heterocycles. The number of rotatable bonds is 5. The predicted octanol–water partition coefficient (Wildman–Crippen LogP) is 4.53. The van der Waals surface area contributed by atoms with Crippen LogP contribution in [0.25, 0.3) is 11.3 Å². The molecule has 0 spiro atoms. The molecule has 7 heteroatoms. The van der Waals surface area contributed by atoms with Crippen LogP contribution < -0.4 is 5.32 Å². The number of aromatic nitrogens is 1. The molecular weight excluding hydrogens is 350 g/mol. The molecule has 23 heavy (non-hydrogen) atoms. The molecular formula is C16H18ClN3OS2. The van der Waals surface area contributed by atoms with E-state index in [1.54, 1.807) is 11.9 Å². The molecule has 0 atom stereocenters. The fraction of sp³-hybridized carbons (Fsp3) is 0.375. The highest BCUT2D eigenvalue weighted by atomic mass is 35.5. The minimum Gasteiger partial charge on any atom is -0.301 e. The van der Waals surface area contributed by atoms with Gasteiger partial charge in [-0.05, 0) is 32.4 Å². The second-order valence-corrected chi connectivity index (χ2v) is 8.90. The molecule has 0 unspecified atom stereocenters. The van der Waals surface area contributed by atoms with E-state index in [0.29, 0.717) is 10.2 Å². The molecule has 1 amide bonds. The van der Waals surface area contributed by atoms with Crippen LogP contribution in [0.5, 0.6) is 0 Å². The van der Waals surface area contributed by atoms with Crippen LogP contribution in [-0.2, 0) is 4.79 Å². The van der Waals surface area contributed by atoms with Crippen LogP contribution in [0.15, 0.2) is 29.6 Å². The lowest BCUT2D eigenvalue weighted by Crippen LogP contribution is -2.41. The van der Waals surface area contributed by atoms with E-state index in [2.05, 4.69) is 14.6 Å². The number of halogens is 1. The van der Waals surface area contributed by atoms with E-state index in [9.17, 15) is 4.79 Å². The van der Waals surface area contributed by atoms with Crippen LogP contribution in [-0.4, -0.2) is 33.0 Å². The molecule has 2 heterocycles. The molecule has 1 N–H and O–H groups in total. The Labute approximate surface area is 149 Å². The number of nitrogens with zero attached hydrogens (tertiary/aromatic N) is 2. The molecule has 1 saturated heterocycles. The molecule has 0 radical (unpaired) electrons. The second kappa shape index (κ2) is 6.81. The number of nitrogens with one attached hydrogen (secondary N) is 1. The Morgan fingerprint density at radius 3 is 2.65 bits per heavy atom. The van der Waals surface area contributed by atoms with E-state index in [4.69, 9.17) is 11.6 Å². The van der Waals surface area contributed by atoms with Gasteiger partial charge in [-0.2, -0.15) is 0 Å². The summed E-state index contributed by atoms with van der Waals surface area (Å²) in [5.41, 5.74) is 1.83. The summed E-state index contributed by atoms with van der Waals surface area (Å²) >= 11 is 8.94. The highest BCUT2D eigenvalue weighted by Crippen LogP contribution is 2.33. The van der Waals surface area contributed by atoms with Gasteiger partial charge in [0.1, 0.15) is 4.75 Å². The molecule has 0 aliphatic carbocycles. The minimum atomic E-state index is -0.507. The zero-order valence-electron chi connectivity index (χ0n) is 13.0. The molecule has 1 aromatic heterocycles. The lowest BCUT2D eigenvalue weighted by Gasteiger charge is -2.35. The van der Waals surface area contributed by atoms with Crippen LogP contribution in [0.4, 0.5) is 5.13 Å². The van der Waals surface area contributed by atoms with Crippen molar-refractivity contribution in [1.29, 1.82) is 0 Å². The van der Waals surface area contributed by atoms with Gasteiger partial charge >= 0.3 is 0 Å². The maximum Gasteiger partial charge on any atom is 0.243 e. The lowest BCUT2D eigenvalue weighted by atomic mass is 10.2. The molecule has 0 saturated carbocycles. The van der Waals surface area contributed by atoms with Crippen molar-refractivity contribution < 1.29 is 4.79 Å². The molecule has 3 rings (SSSR count). The number of carbonyl (C=O) groups is 1. The van der Waals surface area contributed by atoms with Crippen molar-refractivity contribution in [1.82, 2.24) is 9.29 Å². The van der Waals surface area contributed by atoms with Crippen LogP contribution in [0.1, 0.15) is 20.3 Å². The fourth-order valence-electron chi connectivity index (χ4n) is 2.07. The van der Waals surface area contributed by atoms with Crippen molar-refractivity contribution >= 4 is 45.9 Å². The molecule has 4 nitrogen and oxygen atoms in total. The number of thiazole rings is 1. The average molecular weight is 368 g/mol. The highest BCUT2D eigenvalue weighted by Gasteiger charge is 2.33. The largest absolute Gasteiger partial charge is 0.301 e. The number of hydrogen-bond acceptors (Lipinski definition) is 5. The van der Waals surface area contributed by atoms with Gasteiger partial charge in [-0.3, -0.25) is 4.79 Å². The summed E-state index contributed by atoms with van der Waals surface area (Å²) in [4.78, 5) is 17.0. The van der Waals surface area contributed by atoms with Gasteiger partial charge in [0.15, 0.2) is 5.13 Å². The molecule has 0 bridgehead atoms. The van der Waals surface area contributed by atoms with Gasteiger partial charge in [0.2, 0.25) is 5.91 Å². The van der Waals surface area contributed by atoms with Crippen LogP contribution in [0, 0.1) is 0 Å². The third-order valence-corrected chi connectivity index (χ3v) is 5.86. The second-order valence-electron chi connectivity index (χ2n) is 5.88. The molecule has 2 aromatic rings. The van der Waals surface area contributed by atoms with Gasteiger partial charge in [-0.1, -0.05) is 35.7 Å². The third kappa shape index (κ3) is 4.07. The van der Waals surface area contributed by atoms with Crippen molar-refractivity contribution in [2.24, 2.45) is 0 Å². The minimum absolute atomic E-state index is 0.0218. The summed E-state index contributed by atoms with van der Waals surface area (Å²) in [5, 5.41) is 6.19. The highest BCUT2D eigenvalue weighted by molar-refractivity contribution is 7.99. The summed E-state index contributed by atoms with van der Waals surface area (Å²) in [6.45, 7) is 6.00. The maximum absolute atomic E-state index is 12.5. The van der Waals surface area contributed by atoms with E-state index in [1.165, 1.54) is 17.8 Å². The van der Waals surface area contributed by atoms with E-state index in [0.717, 1.165) is 24.3 Å². The number of hydrogen-bond donors (Lipinski definition) is 1. The summed E-state index contributed by atoms with van der Waals surface area (Å²) in [6, 6.07) is 7.52. The van der Waals surface area contributed by atoms with Crippen LogP contribution >= 0.6 is 34.9 Å². The third-order valence-electron chi connectivity index (χ3n) is 3.58. The maximum atomic E-state index is 12.5. The number of amides is 1. The Hall–Kier alpha value is -1.08. The number of carbonyl (C=O) groups excluding carboxylic acids is 1. The first-order valence-electron chi connectivity index (χ1n) is 7.41. The van der Waals surface area contributed by atoms with Gasteiger partial charge in [-0.25, -0.2) is 9.29 Å². The first kappa shape index (κ1) is 16.8. The van der Waals surface area contributed by atoms with E-state index in [-0.39, 0.29) is 5.91 Å². The summed E-state index contributed by atoms with van der Waals surface area (Å²) in [7, 11) is 0. The van der Waals surface area contributed by atoms with Gasteiger partial charge < -0.3 is 5.32 Å². The first-order chi connectivity index (χ1) is 10.9. The zero-order chi connectivity index (χ0) is 16.4. The summed E-state index contributed by atoms with van der Waals surface area (Å²) in [5.74, 6) is -0.0218. The van der Waals surface area contributed by atoms with Crippen LogP contribution in [0.3, 0.4) is 0 Å². The SMILES string of the molecule is CC(C)(SN1CCC1)C(=O)Nc1nc(-c2ccc(Cl)cc2)cs1. The first-order valence-corrected chi connectivity index (χ1v) is 9.44. The van der Waals surface area contributed by atoms with Crippen molar-refractivity contribution in [3.05, 3.63) is 34.7 Å². The van der Waals surface area contributed by atoms with Gasteiger partial charge in [-0.15, -0.1) is 11.3 Å². The van der Waals surface area contributed by atoms with E-state index >= 15 is 0 Å². The van der Waals surface area contributed by atoms with Gasteiger partial charge in [0, 0.05) is 29.1 Å². The summed E-state index contributed by atoms with van der Waals surface area (Å²) in [6.07, 6.45) is 1.21. The lowest BCUT2D eigenvalue weighted by molar-refractivity contribution is -0.117. The standard InChI is InChI=1S/C16H18ClN3OS2/c1-16(2,23-20-8-3-9-20)14(21)19-15-18-13(10-22-15)11-4-6-12(17)7-5-11/h4-7,10H,3,8-9H2,1-2H3,(H,18,19,21). The monoisotopic (exact) mass is 367 g/mol. The quantitative estimate of drug-likeness (QED) is 0.788. The fourth-order valence-corrected chi connectivity index (χ4v) is 4.14. The van der Waals surface area contributed by atoms with E-state index < -0.39 is 4.75 Å². The Kier molecular flexibility index (Phi) is 4.96.